The Morgan fingerprint density at radius 3 is 2.65 bits per heavy atom. The Balaban J connectivity index is 2.02. The molecule has 0 N–H and O–H groups in total. The topological polar surface area (TPSA) is 26.3 Å². The van der Waals surface area contributed by atoms with Crippen LogP contribution in [0.2, 0.25) is 5.02 Å². The van der Waals surface area contributed by atoms with Gasteiger partial charge in [-0.25, -0.2) is 4.39 Å². The van der Waals surface area contributed by atoms with E-state index in [9.17, 15) is 9.18 Å². The summed E-state index contributed by atoms with van der Waals surface area (Å²) in [5, 5.41) is 0.133. The maximum Gasteiger partial charge on any atom is 0.314 e. The van der Waals surface area contributed by atoms with Crippen molar-refractivity contribution in [2.24, 2.45) is 5.92 Å². The fraction of sp³-hybridized carbons (Fsp3) is 0.462. The van der Waals surface area contributed by atoms with E-state index in [-0.39, 0.29) is 22.7 Å². The average molecular weight is 257 g/mol. The molecule has 1 fully saturated rings. The van der Waals surface area contributed by atoms with Crippen molar-refractivity contribution in [3.8, 4) is 5.75 Å². The summed E-state index contributed by atoms with van der Waals surface area (Å²) in [6.45, 7) is 0. The van der Waals surface area contributed by atoms with Gasteiger partial charge >= 0.3 is 5.97 Å². The lowest BCUT2D eigenvalue weighted by Gasteiger charge is -2.19. The zero-order valence-corrected chi connectivity index (χ0v) is 10.2. The summed E-state index contributed by atoms with van der Waals surface area (Å²) < 4.78 is 18.0. The summed E-state index contributed by atoms with van der Waals surface area (Å²) in [6.07, 6.45) is 5.06. The van der Waals surface area contributed by atoms with Gasteiger partial charge in [0.15, 0.2) is 0 Å². The van der Waals surface area contributed by atoms with Crippen molar-refractivity contribution in [1.82, 2.24) is 0 Å². The van der Waals surface area contributed by atoms with Crippen LogP contribution in [0.25, 0.3) is 0 Å². The highest BCUT2D eigenvalue weighted by Gasteiger charge is 2.23. The third-order valence-electron chi connectivity index (χ3n) is 3.04. The molecular formula is C13H14ClFO2. The second-order valence-electron chi connectivity index (χ2n) is 4.33. The molecule has 0 spiro atoms. The predicted octanol–water partition coefficient (Wildman–Crippen LogP) is 3.96. The van der Waals surface area contributed by atoms with Crippen LogP contribution < -0.4 is 4.74 Å². The Bertz CT molecular complexity index is 414. The van der Waals surface area contributed by atoms with E-state index in [1.807, 2.05) is 0 Å². The molecule has 0 bridgehead atoms. The van der Waals surface area contributed by atoms with Crippen LogP contribution >= 0.6 is 11.6 Å². The molecule has 92 valence electrons. The molecule has 1 saturated carbocycles. The van der Waals surface area contributed by atoms with E-state index in [1.165, 1.54) is 18.6 Å². The van der Waals surface area contributed by atoms with Gasteiger partial charge in [-0.05, 0) is 31.0 Å². The molecular weight excluding hydrogens is 243 g/mol. The number of hydrogen-bond donors (Lipinski definition) is 0. The summed E-state index contributed by atoms with van der Waals surface area (Å²) in [5.41, 5.74) is 0. The molecule has 0 saturated heterocycles. The summed E-state index contributed by atoms with van der Waals surface area (Å²) in [4.78, 5) is 11.8. The van der Waals surface area contributed by atoms with Gasteiger partial charge < -0.3 is 4.74 Å². The van der Waals surface area contributed by atoms with E-state index in [4.69, 9.17) is 16.3 Å². The van der Waals surface area contributed by atoms with Gasteiger partial charge in [-0.1, -0.05) is 30.9 Å². The number of ether oxygens (including phenoxy) is 1. The minimum absolute atomic E-state index is 0.0372. The van der Waals surface area contributed by atoms with Gasteiger partial charge in [0.1, 0.15) is 11.6 Å². The van der Waals surface area contributed by atoms with Crippen LogP contribution in [0.15, 0.2) is 18.2 Å². The number of carbonyl (C=O) groups excluding carboxylic acids is 1. The predicted molar refractivity (Wildman–Crippen MR) is 63.6 cm³/mol. The van der Waals surface area contributed by atoms with Gasteiger partial charge in [0.05, 0.1) is 10.9 Å². The first-order valence-corrected chi connectivity index (χ1v) is 6.21. The van der Waals surface area contributed by atoms with Crippen LogP contribution in [0.3, 0.4) is 0 Å². The number of esters is 1. The van der Waals surface area contributed by atoms with Crippen molar-refractivity contribution in [3.05, 3.63) is 29.0 Å². The van der Waals surface area contributed by atoms with Crippen molar-refractivity contribution >= 4 is 17.6 Å². The fourth-order valence-electron chi connectivity index (χ4n) is 2.09. The molecule has 0 amide bonds. The van der Waals surface area contributed by atoms with Gasteiger partial charge in [-0.15, -0.1) is 0 Å². The van der Waals surface area contributed by atoms with Crippen LogP contribution in [0.5, 0.6) is 5.75 Å². The first-order valence-electron chi connectivity index (χ1n) is 5.83. The Labute approximate surface area is 105 Å². The van der Waals surface area contributed by atoms with E-state index in [0.29, 0.717) is 0 Å². The molecule has 1 aromatic rings. The number of halogens is 2. The highest BCUT2D eigenvalue weighted by atomic mass is 35.5. The third-order valence-corrected chi connectivity index (χ3v) is 3.34. The molecule has 1 aromatic carbocycles. The molecule has 2 nitrogen and oxygen atoms in total. The molecule has 4 heteroatoms. The van der Waals surface area contributed by atoms with E-state index >= 15 is 0 Å². The second-order valence-corrected chi connectivity index (χ2v) is 4.74. The van der Waals surface area contributed by atoms with Crippen LogP contribution in [0.1, 0.15) is 32.1 Å². The van der Waals surface area contributed by atoms with Gasteiger partial charge in [0.25, 0.3) is 0 Å². The number of rotatable bonds is 2. The number of carbonyl (C=O) groups is 1. The van der Waals surface area contributed by atoms with Gasteiger partial charge in [0.2, 0.25) is 0 Å². The Morgan fingerprint density at radius 1 is 1.29 bits per heavy atom. The van der Waals surface area contributed by atoms with Crippen molar-refractivity contribution < 1.29 is 13.9 Å². The van der Waals surface area contributed by atoms with Gasteiger partial charge in [-0.2, -0.15) is 0 Å². The average Bonchev–Trinajstić information content (AvgIpc) is 2.34. The smallest absolute Gasteiger partial charge is 0.314 e. The molecule has 0 aromatic heterocycles. The van der Waals surface area contributed by atoms with Crippen molar-refractivity contribution in [3.63, 3.8) is 0 Å². The van der Waals surface area contributed by atoms with Crippen LogP contribution in [-0.4, -0.2) is 5.97 Å². The fourth-order valence-corrected chi connectivity index (χ4v) is 2.29. The summed E-state index contributed by atoms with van der Waals surface area (Å²) in [7, 11) is 0. The van der Waals surface area contributed by atoms with Crippen LogP contribution in [-0.2, 0) is 4.79 Å². The van der Waals surface area contributed by atoms with E-state index in [0.717, 1.165) is 31.7 Å². The Kier molecular flexibility index (Phi) is 4.00. The number of benzene rings is 1. The lowest BCUT2D eigenvalue weighted by Crippen LogP contribution is -2.22. The van der Waals surface area contributed by atoms with Crippen LogP contribution in [0, 0.1) is 11.7 Å². The van der Waals surface area contributed by atoms with Crippen LogP contribution in [0.4, 0.5) is 4.39 Å². The lowest BCUT2D eigenvalue weighted by atomic mass is 9.89. The molecule has 1 aliphatic rings. The van der Waals surface area contributed by atoms with E-state index in [1.54, 1.807) is 0 Å². The third kappa shape index (κ3) is 3.19. The van der Waals surface area contributed by atoms with Gasteiger partial charge in [0, 0.05) is 0 Å². The molecule has 0 radical (unpaired) electrons. The quantitative estimate of drug-likeness (QED) is 0.591. The lowest BCUT2D eigenvalue weighted by molar-refractivity contribution is -0.139. The van der Waals surface area contributed by atoms with Gasteiger partial charge in [-0.3, -0.25) is 4.79 Å². The largest absolute Gasteiger partial charge is 0.425 e. The second kappa shape index (κ2) is 5.50. The first kappa shape index (κ1) is 12.4. The van der Waals surface area contributed by atoms with E-state index < -0.39 is 5.82 Å². The SMILES string of the molecule is O=C(Oc1ccc(F)cc1Cl)C1CCCCC1. The summed E-state index contributed by atoms with van der Waals surface area (Å²) in [6, 6.07) is 3.76. The maximum absolute atomic E-state index is 12.8. The molecule has 0 aliphatic heterocycles. The Morgan fingerprint density at radius 2 is 2.00 bits per heavy atom. The summed E-state index contributed by atoms with van der Waals surface area (Å²) in [5.74, 6) is -0.487. The summed E-state index contributed by atoms with van der Waals surface area (Å²) >= 11 is 5.80. The molecule has 17 heavy (non-hydrogen) atoms. The highest BCUT2D eigenvalue weighted by molar-refractivity contribution is 6.32. The molecule has 1 aliphatic carbocycles. The zero-order valence-electron chi connectivity index (χ0n) is 9.42. The Hall–Kier alpha value is -1.09. The molecule has 0 atom stereocenters. The monoisotopic (exact) mass is 256 g/mol. The first-order chi connectivity index (χ1) is 8.16. The molecule has 0 heterocycles. The van der Waals surface area contributed by atoms with Crippen molar-refractivity contribution in [2.75, 3.05) is 0 Å². The standard InChI is InChI=1S/C13H14ClFO2/c14-11-8-10(15)6-7-12(11)17-13(16)9-4-2-1-3-5-9/h6-9H,1-5H2. The highest BCUT2D eigenvalue weighted by Crippen LogP contribution is 2.29. The minimum atomic E-state index is -0.438. The maximum atomic E-state index is 12.8. The normalized spacial score (nSPS) is 16.8. The zero-order chi connectivity index (χ0) is 12.3. The number of hydrogen-bond acceptors (Lipinski definition) is 2. The minimum Gasteiger partial charge on any atom is -0.425 e. The van der Waals surface area contributed by atoms with E-state index in [2.05, 4.69) is 0 Å². The molecule has 0 unspecified atom stereocenters. The molecule has 2 rings (SSSR count). The van der Waals surface area contributed by atoms with Crippen molar-refractivity contribution in [1.29, 1.82) is 0 Å². The van der Waals surface area contributed by atoms with Crippen molar-refractivity contribution in [2.45, 2.75) is 32.1 Å².